The lowest BCUT2D eigenvalue weighted by Crippen LogP contribution is -2.44. The van der Waals surface area contributed by atoms with Crippen LogP contribution in [0.1, 0.15) is 29.2 Å². The summed E-state index contributed by atoms with van der Waals surface area (Å²) in [6, 6.07) is 36.1. The SMILES string of the molecule is C[C@@H](Cc1ccc(OCc2ccccc2)cc1)C(=O)N[C@H](CNc1nnn(Cc2ccccc2)n1)Cc1c[nH]c2ccccc12. The topological polar surface area (TPSA) is 110 Å². The van der Waals surface area contributed by atoms with Crippen LogP contribution in [0.15, 0.2) is 115 Å². The van der Waals surface area contributed by atoms with Crippen molar-refractivity contribution in [1.29, 1.82) is 0 Å². The van der Waals surface area contributed by atoms with E-state index >= 15 is 0 Å². The fourth-order valence-corrected chi connectivity index (χ4v) is 5.33. The molecule has 9 nitrogen and oxygen atoms in total. The maximum absolute atomic E-state index is 13.5. The van der Waals surface area contributed by atoms with Gasteiger partial charge in [0.05, 0.1) is 12.6 Å². The number of hydrogen-bond donors (Lipinski definition) is 3. The van der Waals surface area contributed by atoms with E-state index in [9.17, 15) is 4.79 Å². The summed E-state index contributed by atoms with van der Waals surface area (Å²) in [5.74, 6) is 0.994. The standard InChI is InChI=1S/C36H37N7O2/c1-26(20-27-16-18-32(19-17-27)45-25-29-12-6-3-7-13-29)35(44)39-31(21-30-22-37-34-15-9-8-14-33(30)34)23-38-36-40-42-43(41-36)24-28-10-4-2-5-11-28/h2-19,22,26,31,37H,20-21,23-25H2,1H3,(H,38,41)(H,39,44)/t26-,31-/m0/s1. The van der Waals surface area contributed by atoms with Crippen molar-refractivity contribution >= 4 is 22.8 Å². The third-order valence-electron chi connectivity index (χ3n) is 7.78. The molecule has 0 spiro atoms. The number of rotatable bonds is 14. The average molecular weight is 600 g/mol. The second-order valence-corrected chi connectivity index (χ2v) is 11.3. The number of aromatic amines is 1. The van der Waals surface area contributed by atoms with Crippen molar-refractivity contribution in [2.45, 2.75) is 39.0 Å². The summed E-state index contributed by atoms with van der Waals surface area (Å²) >= 11 is 0. The van der Waals surface area contributed by atoms with Crippen molar-refractivity contribution in [1.82, 2.24) is 30.5 Å². The lowest BCUT2D eigenvalue weighted by molar-refractivity contribution is -0.125. The first-order chi connectivity index (χ1) is 22.1. The van der Waals surface area contributed by atoms with Crippen molar-refractivity contribution in [2.75, 3.05) is 11.9 Å². The number of fused-ring (bicyclic) bond motifs is 1. The molecular formula is C36H37N7O2. The van der Waals surface area contributed by atoms with Gasteiger partial charge in [0.25, 0.3) is 5.95 Å². The normalized spacial score (nSPS) is 12.5. The highest BCUT2D eigenvalue weighted by molar-refractivity contribution is 5.83. The Hall–Kier alpha value is -5.44. The molecule has 3 N–H and O–H groups in total. The Morgan fingerprint density at radius 2 is 1.56 bits per heavy atom. The Kier molecular flexibility index (Phi) is 9.45. The van der Waals surface area contributed by atoms with Gasteiger partial charge in [0.15, 0.2) is 0 Å². The van der Waals surface area contributed by atoms with Crippen molar-refractivity contribution in [3.63, 3.8) is 0 Å². The number of tetrazole rings is 1. The molecule has 0 saturated carbocycles. The number of para-hydroxylation sites is 1. The second-order valence-electron chi connectivity index (χ2n) is 11.3. The molecule has 2 atom stereocenters. The van der Waals surface area contributed by atoms with Gasteiger partial charge in [-0.05, 0) is 58.5 Å². The minimum absolute atomic E-state index is 0.00765. The van der Waals surface area contributed by atoms with Gasteiger partial charge in [-0.25, -0.2) is 0 Å². The van der Waals surface area contributed by atoms with E-state index in [1.54, 1.807) is 4.80 Å². The van der Waals surface area contributed by atoms with Crippen LogP contribution in [0.5, 0.6) is 5.75 Å². The molecule has 0 radical (unpaired) electrons. The molecule has 0 saturated heterocycles. The van der Waals surface area contributed by atoms with Gasteiger partial charge in [-0.15, -0.1) is 5.10 Å². The zero-order chi connectivity index (χ0) is 30.8. The Morgan fingerprint density at radius 1 is 0.844 bits per heavy atom. The molecule has 6 rings (SSSR count). The van der Waals surface area contributed by atoms with Gasteiger partial charge in [-0.1, -0.05) is 103 Å². The van der Waals surface area contributed by atoms with Gasteiger partial charge in [0.2, 0.25) is 5.91 Å². The van der Waals surface area contributed by atoms with E-state index in [-0.39, 0.29) is 17.9 Å². The number of carbonyl (C=O) groups is 1. The van der Waals surface area contributed by atoms with E-state index < -0.39 is 0 Å². The van der Waals surface area contributed by atoms with E-state index in [2.05, 4.69) is 43.2 Å². The molecule has 9 heteroatoms. The highest BCUT2D eigenvalue weighted by Crippen LogP contribution is 2.20. The monoisotopic (exact) mass is 599 g/mol. The predicted molar refractivity (Wildman–Crippen MR) is 176 cm³/mol. The zero-order valence-electron chi connectivity index (χ0n) is 25.3. The van der Waals surface area contributed by atoms with E-state index in [0.717, 1.165) is 38.9 Å². The van der Waals surface area contributed by atoms with Crippen molar-refractivity contribution < 1.29 is 9.53 Å². The molecule has 228 valence electrons. The largest absolute Gasteiger partial charge is 0.489 e. The minimum atomic E-state index is -0.226. The van der Waals surface area contributed by atoms with Gasteiger partial charge >= 0.3 is 0 Å². The molecule has 0 aliphatic heterocycles. The summed E-state index contributed by atoms with van der Waals surface area (Å²) in [4.78, 5) is 18.4. The number of anilines is 1. The van der Waals surface area contributed by atoms with Crippen molar-refractivity contribution in [2.24, 2.45) is 5.92 Å². The maximum Gasteiger partial charge on any atom is 0.263 e. The summed E-state index contributed by atoms with van der Waals surface area (Å²) in [5.41, 5.74) is 5.50. The van der Waals surface area contributed by atoms with Gasteiger partial charge < -0.3 is 20.4 Å². The summed E-state index contributed by atoms with van der Waals surface area (Å²) in [6.45, 7) is 3.46. The number of hydrogen-bond acceptors (Lipinski definition) is 6. The Labute approximate surface area is 262 Å². The van der Waals surface area contributed by atoms with Crippen LogP contribution in [0.4, 0.5) is 5.95 Å². The van der Waals surface area contributed by atoms with Gasteiger partial charge in [-0.2, -0.15) is 4.80 Å². The van der Waals surface area contributed by atoms with Crippen LogP contribution >= 0.6 is 0 Å². The first kappa shape index (κ1) is 29.6. The summed E-state index contributed by atoms with van der Waals surface area (Å²) in [5, 5.41) is 20.6. The quantitative estimate of drug-likeness (QED) is 0.146. The fourth-order valence-electron chi connectivity index (χ4n) is 5.33. The van der Waals surface area contributed by atoms with E-state index in [0.29, 0.717) is 38.5 Å². The van der Waals surface area contributed by atoms with Crippen LogP contribution in [0.25, 0.3) is 10.9 Å². The Morgan fingerprint density at radius 3 is 2.33 bits per heavy atom. The first-order valence-corrected chi connectivity index (χ1v) is 15.3. The maximum atomic E-state index is 13.5. The van der Waals surface area contributed by atoms with Gasteiger partial charge in [-0.3, -0.25) is 4.79 Å². The van der Waals surface area contributed by atoms with Crippen LogP contribution in [-0.4, -0.2) is 43.7 Å². The lowest BCUT2D eigenvalue weighted by Gasteiger charge is -2.21. The van der Waals surface area contributed by atoms with Crippen LogP contribution in [0.3, 0.4) is 0 Å². The number of aromatic nitrogens is 5. The molecule has 0 bridgehead atoms. The molecule has 0 aliphatic carbocycles. The van der Waals surface area contributed by atoms with Crippen LogP contribution in [0, 0.1) is 5.92 Å². The predicted octanol–water partition coefficient (Wildman–Crippen LogP) is 5.80. The van der Waals surface area contributed by atoms with Crippen LogP contribution < -0.4 is 15.4 Å². The van der Waals surface area contributed by atoms with Gasteiger partial charge in [0.1, 0.15) is 12.4 Å². The fraction of sp³-hybridized carbons (Fsp3) is 0.222. The van der Waals surface area contributed by atoms with E-state index in [1.165, 1.54) is 0 Å². The van der Waals surface area contributed by atoms with Gasteiger partial charge in [0, 0.05) is 29.6 Å². The number of nitrogens with one attached hydrogen (secondary N) is 3. The van der Waals surface area contributed by atoms with Crippen molar-refractivity contribution in [3.05, 3.63) is 138 Å². The highest BCUT2D eigenvalue weighted by Gasteiger charge is 2.20. The second kappa shape index (κ2) is 14.4. The smallest absolute Gasteiger partial charge is 0.263 e. The van der Waals surface area contributed by atoms with E-state index in [1.807, 2.05) is 110 Å². The summed E-state index contributed by atoms with van der Waals surface area (Å²) in [7, 11) is 0. The minimum Gasteiger partial charge on any atom is -0.489 e. The molecule has 0 unspecified atom stereocenters. The molecular weight excluding hydrogens is 562 g/mol. The molecule has 2 aromatic heterocycles. The van der Waals surface area contributed by atoms with Crippen LogP contribution in [0.2, 0.25) is 0 Å². The Bertz CT molecular complexity index is 1800. The number of H-pyrrole nitrogens is 1. The highest BCUT2D eigenvalue weighted by atomic mass is 16.5. The number of amides is 1. The molecule has 6 aromatic rings. The molecule has 0 fully saturated rings. The lowest BCUT2D eigenvalue weighted by atomic mass is 9.99. The third-order valence-corrected chi connectivity index (χ3v) is 7.78. The molecule has 45 heavy (non-hydrogen) atoms. The number of nitrogens with zero attached hydrogens (tertiary/aromatic N) is 4. The summed E-state index contributed by atoms with van der Waals surface area (Å²) in [6.07, 6.45) is 3.28. The van der Waals surface area contributed by atoms with Crippen LogP contribution in [-0.2, 0) is 30.8 Å². The zero-order valence-corrected chi connectivity index (χ0v) is 25.3. The number of benzene rings is 4. The number of carbonyl (C=O) groups excluding carboxylic acids is 1. The third kappa shape index (κ3) is 8.14. The van der Waals surface area contributed by atoms with E-state index in [4.69, 9.17) is 4.74 Å². The molecule has 1 amide bonds. The molecule has 0 aliphatic rings. The molecule has 2 heterocycles. The molecule has 4 aromatic carbocycles. The van der Waals surface area contributed by atoms with Crippen molar-refractivity contribution in [3.8, 4) is 5.75 Å². The summed E-state index contributed by atoms with van der Waals surface area (Å²) < 4.78 is 5.92. The Balaban J connectivity index is 1.08. The average Bonchev–Trinajstić information content (AvgIpc) is 3.71. The number of ether oxygens (including phenoxy) is 1. The first-order valence-electron chi connectivity index (χ1n) is 15.3.